The van der Waals surface area contributed by atoms with E-state index >= 15 is 0 Å². The molecule has 0 saturated heterocycles. The first-order chi connectivity index (χ1) is 10.2. The van der Waals surface area contributed by atoms with Gasteiger partial charge in [-0.05, 0) is 34.7 Å². The zero-order valence-electron chi connectivity index (χ0n) is 11.5. The predicted octanol–water partition coefficient (Wildman–Crippen LogP) is 5.47. The molecule has 0 amide bonds. The maximum absolute atomic E-state index is 13.1. The summed E-state index contributed by atoms with van der Waals surface area (Å²) in [5.74, 6) is 0.631. The molecule has 0 N–H and O–H groups in total. The molecule has 0 radical (unpaired) electrons. The average molecular weight is 345 g/mol. The number of ether oxygens (including phenoxy) is 1. The van der Waals surface area contributed by atoms with Crippen molar-refractivity contribution in [2.24, 2.45) is 0 Å². The molecule has 0 spiro atoms. The number of rotatable bonds is 3. The highest BCUT2D eigenvalue weighted by Gasteiger charge is 2.15. The van der Waals surface area contributed by atoms with E-state index in [1.54, 1.807) is 19.2 Å². The summed E-state index contributed by atoms with van der Waals surface area (Å²) in [6.07, 6.45) is 0. The van der Waals surface area contributed by atoms with E-state index in [0.717, 1.165) is 27.6 Å². The molecule has 0 bridgehead atoms. The molecule has 1 unspecified atom stereocenters. The molecule has 21 heavy (non-hydrogen) atoms. The van der Waals surface area contributed by atoms with Gasteiger partial charge in [-0.1, -0.05) is 58.4 Å². The van der Waals surface area contributed by atoms with Gasteiger partial charge in [0, 0.05) is 5.39 Å². The third-order valence-corrected chi connectivity index (χ3v) is 4.60. The predicted molar refractivity (Wildman–Crippen MR) is 87.7 cm³/mol. The Kier molecular flexibility index (Phi) is 3.93. The average Bonchev–Trinajstić information content (AvgIpc) is 2.54. The normalized spacial score (nSPS) is 12.3. The smallest absolute Gasteiger partial charge is 0.126 e. The van der Waals surface area contributed by atoms with Crippen LogP contribution in [-0.4, -0.2) is 7.11 Å². The number of fused-ring (bicyclic) bond motifs is 1. The molecule has 3 aromatic carbocycles. The van der Waals surface area contributed by atoms with Gasteiger partial charge in [0.25, 0.3) is 0 Å². The van der Waals surface area contributed by atoms with Gasteiger partial charge in [-0.25, -0.2) is 4.39 Å². The second-order valence-corrected chi connectivity index (χ2v) is 5.73. The van der Waals surface area contributed by atoms with E-state index in [1.807, 2.05) is 30.3 Å². The van der Waals surface area contributed by atoms with Crippen LogP contribution in [0.5, 0.6) is 5.75 Å². The van der Waals surface area contributed by atoms with Gasteiger partial charge in [-0.15, -0.1) is 0 Å². The Labute approximate surface area is 131 Å². The van der Waals surface area contributed by atoms with Gasteiger partial charge in [0.05, 0.1) is 11.9 Å². The SMILES string of the molecule is COc1ccc(C(Br)c2ccc(F)cc2)c2ccccc12. The molecule has 1 nitrogen and oxygen atoms in total. The molecule has 106 valence electrons. The van der Waals surface area contributed by atoms with Crippen LogP contribution in [0.4, 0.5) is 4.39 Å². The molecule has 0 saturated carbocycles. The van der Waals surface area contributed by atoms with Crippen LogP contribution in [0.1, 0.15) is 16.0 Å². The summed E-state index contributed by atoms with van der Waals surface area (Å²) < 4.78 is 18.5. The summed E-state index contributed by atoms with van der Waals surface area (Å²) in [4.78, 5) is 0.00825. The molecule has 0 fully saturated rings. The van der Waals surface area contributed by atoms with E-state index in [9.17, 15) is 4.39 Å². The lowest BCUT2D eigenvalue weighted by atomic mass is 9.98. The standard InChI is InChI=1S/C18H14BrFO/c1-21-17-11-10-16(14-4-2-3-5-15(14)17)18(19)12-6-8-13(20)9-7-12/h2-11,18H,1H3. The largest absolute Gasteiger partial charge is 0.496 e. The maximum Gasteiger partial charge on any atom is 0.126 e. The maximum atomic E-state index is 13.1. The molecule has 3 rings (SSSR count). The highest BCUT2D eigenvalue weighted by atomic mass is 79.9. The fraction of sp³-hybridized carbons (Fsp3) is 0.111. The van der Waals surface area contributed by atoms with Gasteiger partial charge < -0.3 is 4.74 Å². The van der Waals surface area contributed by atoms with Crippen LogP contribution in [0.3, 0.4) is 0 Å². The highest BCUT2D eigenvalue weighted by Crippen LogP contribution is 2.38. The number of methoxy groups -OCH3 is 1. The Morgan fingerprint density at radius 3 is 2.24 bits per heavy atom. The van der Waals surface area contributed by atoms with Gasteiger partial charge >= 0.3 is 0 Å². The van der Waals surface area contributed by atoms with E-state index in [2.05, 4.69) is 22.0 Å². The van der Waals surface area contributed by atoms with Crippen molar-refractivity contribution in [3.63, 3.8) is 0 Å². The second kappa shape index (κ2) is 5.86. The van der Waals surface area contributed by atoms with Gasteiger partial charge in [0.2, 0.25) is 0 Å². The molecular weight excluding hydrogens is 331 g/mol. The van der Waals surface area contributed by atoms with Crippen molar-refractivity contribution >= 4 is 26.7 Å². The topological polar surface area (TPSA) is 9.23 Å². The van der Waals surface area contributed by atoms with Crippen molar-refractivity contribution in [1.82, 2.24) is 0 Å². The molecule has 3 heteroatoms. The first-order valence-corrected chi connectivity index (χ1v) is 7.57. The molecule has 0 aliphatic heterocycles. The van der Waals surface area contributed by atoms with Crippen LogP contribution in [0.25, 0.3) is 10.8 Å². The van der Waals surface area contributed by atoms with Crippen LogP contribution >= 0.6 is 15.9 Å². The summed E-state index contributed by atoms with van der Waals surface area (Å²) in [5.41, 5.74) is 2.16. The van der Waals surface area contributed by atoms with Crippen molar-refractivity contribution in [3.05, 3.63) is 77.6 Å². The zero-order chi connectivity index (χ0) is 14.8. The summed E-state index contributed by atoms with van der Waals surface area (Å²) in [6, 6.07) is 18.7. The van der Waals surface area contributed by atoms with E-state index in [1.165, 1.54) is 12.1 Å². The molecule has 0 aromatic heterocycles. The number of hydrogen-bond acceptors (Lipinski definition) is 1. The van der Waals surface area contributed by atoms with Gasteiger partial charge in [-0.2, -0.15) is 0 Å². The highest BCUT2D eigenvalue weighted by molar-refractivity contribution is 9.09. The number of halogens is 2. The quantitative estimate of drug-likeness (QED) is 0.572. The fourth-order valence-electron chi connectivity index (χ4n) is 2.51. The van der Waals surface area contributed by atoms with Crippen LogP contribution in [-0.2, 0) is 0 Å². The van der Waals surface area contributed by atoms with Crippen LogP contribution in [0, 0.1) is 5.82 Å². The number of hydrogen-bond donors (Lipinski definition) is 0. The van der Waals surface area contributed by atoms with Gasteiger partial charge in [-0.3, -0.25) is 0 Å². The lowest BCUT2D eigenvalue weighted by Gasteiger charge is -2.15. The lowest BCUT2D eigenvalue weighted by molar-refractivity contribution is 0.419. The summed E-state index contributed by atoms with van der Waals surface area (Å²) in [7, 11) is 1.67. The minimum absolute atomic E-state index is 0.00825. The molecule has 0 aliphatic rings. The van der Waals surface area contributed by atoms with Crippen molar-refractivity contribution in [2.45, 2.75) is 4.83 Å². The Hall–Kier alpha value is -1.87. The molecular formula is C18H14BrFO. The van der Waals surface area contributed by atoms with Crippen molar-refractivity contribution in [2.75, 3.05) is 7.11 Å². The van der Waals surface area contributed by atoms with E-state index in [4.69, 9.17) is 4.74 Å². The van der Waals surface area contributed by atoms with Gasteiger partial charge in [0.15, 0.2) is 0 Å². The minimum atomic E-state index is -0.224. The molecule has 0 heterocycles. The first-order valence-electron chi connectivity index (χ1n) is 6.66. The summed E-state index contributed by atoms with van der Waals surface area (Å²) in [6.45, 7) is 0. The second-order valence-electron chi connectivity index (χ2n) is 4.82. The Morgan fingerprint density at radius 1 is 0.905 bits per heavy atom. The first kappa shape index (κ1) is 14.1. The fourth-order valence-corrected chi connectivity index (χ4v) is 3.21. The third kappa shape index (κ3) is 2.66. The van der Waals surface area contributed by atoms with Crippen LogP contribution in [0.15, 0.2) is 60.7 Å². The van der Waals surface area contributed by atoms with Crippen molar-refractivity contribution < 1.29 is 9.13 Å². The van der Waals surface area contributed by atoms with Crippen LogP contribution < -0.4 is 4.74 Å². The lowest BCUT2D eigenvalue weighted by Crippen LogP contribution is -1.96. The van der Waals surface area contributed by atoms with E-state index in [-0.39, 0.29) is 10.6 Å². The third-order valence-electron chi connectivity index (χ3n) is 3.57. The molecule has 3 aromatic rings. The summed E-state index contributed by atoms with van der Waals surface area (Å²) in [5, 5.41) is 2.20. The zero-order valence-corrected chi connectivity index (χ0v) is 13.1. The Bertz CT molecular complexity index is 768. The molecule has 0 aliphatic carbocycles. The minimum Gasteiger partial charge on any atom is -0.496 e. The number of benzene rings is 3. The van der Waals surface area contributed by atoms with Crippen LogP contribution in [0.2, 0.25) is 0 Å². The summed E-state index contributed by atoms with van der Waals surface area (Å²) >= 11 is 3.72. The van der Waals surface area contributed by atoms with E-state index in [0.29, 0.717) is 0 Å². The van der Waals surface area contributed by atoms with Crippen molar-refractivity contribution in [1.29, 1.82) is 0 Å². The Morgan fingerprint density at radius 2 is 1.57 bits per heavy atom. The molecule has 1 atom stereocenters. The monoisotopic (exact) mass is 344 g/mol. The van der Waals surface area contributed by atoms with Gasteiger partial charge in [0.1, 0.15) is 11.6 Å². The number of alkyl halides is 1. The van der Waals surface area contributed by atoms with Crippen molar-refractivity contribution in [3.8, 4) is 5.75 Å². The van der Waals surface area contributed by atoms with E-state index < -0.39 is 0 Å². The Balaban J connectivity index is 2.14.